The number of hydrogen-bond donors (Lipinski definition) is 1. The van der Waals surface area contributed by atoms with E-state index in [1.54, 1.807) is 0 Å². The van der Waals surface area contributed by atoms with Gasteiger partial charge in [0.2, 0.25) is 0 Å². The number of aliphatic hydroxyl groups is 1. The predicted molar refractivity (Wildman–Crippen MR) is 86.8 cm³/mol. The lowest BCUT2D eigenvalue weighted by Gasteiger charge is -2.58. The Morgan fingerprint density at radius 2 is 1.91 bits per heavy atom. The maximum absolute atomic E-state index is 12.1. The van der Waals surface area contributed by atoms with Crippen molar-refractivity contribution < 1.29 is 14.6 Å². The van der Waals surface area contributed by atoms with Crippen LogP contribution in [0.25, 0.3) is 0 Å². The molecule has 5 rings (SSSR count). The van der Waals surface area contributed by atoms with Gasteiger partial charge in [0.1, 0.15) is 11.7 Å². The van der Waals surface area contributed by atoms with E-state index < -0.39 is 5.60 Å². The number of epoxide rings is 1. The van der Waals surface area contributed by atoms with Crippen molar-refractivity contribution in [3.8, 4) is 0 Å². The summed E-state index contributed by atoms with van der Waals surface area (Å²) in [4.78, 5) is 12.1. The van der Waals surface area contributed by atoms with Gasteiger partial charge in [0, 0.05) is 6.42 Å². The predicted octanol–water partition coefficient (Wildman–Crippen LogP) is 3.34. The molecule has 23 heavy (non-hydrogen) atoms. The van der Waals surface area contributed by atoms with Gasteiger partial charge in [-0.3, -0.25) is 4.79 Å². The quantitative estimate of drug-likeness (QED) is 0.697. The second-order valence-electron chi connectivity index (χ2n) is 9.86. The molecule has 128 valence electrons. The molecule has 0 amide bonds. The van der Waals surface area contributed by atoms with E-state index in [0.717, 1.165) is 38.0 Å². The minimum Gasteiger partial charge on any atom is -0.390 e. The smallest absolute Gasteiger partial charge is 0.164 e. The van der Waals surface area contributed by atoms with Crippen LogP contribution in [-0.2, 0) is 9.53 Å². The monoisotopic (exact) mass is 318 g/mol. The van der Waals surface area contributed by atoms with E-state index in [1.807, 2.05) is 0 Å². The number of fused-ring (bicyclic) bond motifs is 4. The van der Waals surface area contributed by atoms with Crippen molar-refractivity contribution in [2.45, 2.75) is 83.0 Å². The van der Waals surface area contributed by atoms with Crippen molar-refractivity contribution in [2.75, 3.05) is 0 Å². The number of ketones is 1. The molecule has 3 nitrogen and oxygen atoms in total. The summed E-state index contributed by atoms with van der Waals surface area (Å²) in [5, 5.41) is 11.0. The Balaban J connectivity index is 1.51. The van der Waals surface area contributed by atoms with Crippen LogP contribution in [0.3, 0.4) is 0 Å². The molecule has 1 saturated heterocycles. The summed E-state index contributed by atoms with van der Waals surface area (Å²) in [6.45, 7) is 6.81. The van der Waals surface area contributed by atoms with E-state index in [9.17, 15) is 9.90 Å². The minimum absolute atomic E-state index is 0.0651. The largest absolute Gasteiger partial charge is 0.390 e. The molecule has 4 aliphatic carbocycles. The van der Waals surface area contributed by atoms with Crippen molar-refractivity contribution in [2.24, 2.45) is 35.0 Å². The minimum atomic E-state index is -0.501. The van der Waals surface area contributed by atoms with Crippen molar-refractivity contribution in [3.05, 3.63) is 0 Å². The molecular weight excluding hydrogens is 288 g/mol. The van der Waals surface area contributed by atoms with Gasteiger partial charge in [0.25, 0.3) is 0 Å². The summed E-state index contributed by atoms with van der Waals surface area (Å²) in [5.74, 6) is 3.65. The lowest BCUT2D eigenvalue weighted by atomic mass is 9.47. The second kappa shape index (κ2) is 4.22. The van der Waals surface area contributed by atoms with Gasteiger partial charge in [0.05, 0.1) is 5.60 Å². The normalized spacial score (nSPS) is 63.7. The first kappa shape index (κ1) is 14.9. The van der Waals surface area contributed by atoms with Crippen LogP contribution >= 0.6 is 0 Å². The summed E-state index contributed by atoms with van der Waals surface area (Å²) in [6, 6.07) is 0. The van der Waals surface area contributed by atoms with E-state index in [2.05, 4.69) is 20.8 Å². The Hall–Kier alpha value is -0.410. The summed E-state index contributed by atoms with van der Waals surface area (Å²) in [5.41, 5.74) is -0.495. The zero-order chi connectivity index (χ0) is 16.2. The second-order valence-corrected chi connectivity index (χ2v) is 9.86. The van der Waals surface area contributed by atoms with Gasteiger partial charge in [-0.05, 0) is 80.5 Å². The molecule has 9 atom stereocenters. The lowest BCUT2D eigenvalue weighted by Crippen LogP contribution is -2.57. The Kier molecular flexibility index (Phi) is 2.73. The highest BCUT2D eigenvalue weighted by molar-refractivity contribution is 5.88. The van der Waals surface area contributed by atoms with E-state index in [1.165, 1.54) is 12.8 Å². The molecule has 5 fully saturated rings. The zero-order valence-corrected chi connectivity index (χ0v) is 14.7. The molecular formula is C20H30O3. The Bertz CT molecular complexity index is 569. The van der Waals surface area contributed by atoms with Crippen LogP contribution in [0.2, 0.25) is 0 Å². The third-order valence-corrected chi connectivity index (χ3v) is 9.11. The van der Waals surface area contributed by atoms with Crippen LogP contribution in [0.4, 0.5) is 0 Å². The highest BCUT2D eigenvalue weighted by Crippen LogP contribution is 2.70. The maximum Gasteiger partial charge on any atom is 0.164 e. The number of rotatable bonds is 0. The fourth-order valence-electron chi connectivity index (χ4n) is 7.76. The Morgan fingerprint density at radius 3 is 2.70 bits per heavy atom. The van der Waals surface area contributed by atoms with Crippen molar-refractivity contribution >= 4 is 5.78 Å². The molecule has 3 heteroatoms. The molecule has 0 aromatic carbocycles. The van der Waals surface area contributed by atoms with Gasteiger partial charge in [-0.25, -0.2) is 0 Å². The molecule has 0 unspecified atom stereocenters. The van der Waals surface area contributed by atoms with Gasteiger partial charge >= 0.3 is 0 Å². The Morgan fingerprint density at radius 1 is 1.13 bits per heavy atom. The van der Waals surface area contributed by atoms with Crippen molar-refractivity contribution in [1.29, 1.82) is 0 Å². The number of Topliss-reactive ketones (excluding diaryl/α,β-unsaturated/α-hetero) is 1. The van der Waals surface area contributed by atoms with Gasteiger partial charge in [-0.2, -0.15) is 0 Å². The van der Waals surface area contributed by atoms with E-state index >= 15 is 0 Å². The topological polar surface area (TPSA) is 49.8 Å². The van der Waals surface area contributed by atoms with Crippen molar-refractivity contribution in [3.63, 3.8) is 0 Å². The first-order chi connectivity index (χ1) is 10.8. The summed E-state index contributed by atoms with van der Waals surface area (Å²) >= 11 is 0. The van der Waals surface area contributed by atoms with Crippen LogP contribution in [0.5, 0.6) is 0 Å². The average molecular weight is 318 g/mol. The van der Waals surface area contributed by atoms with Crippen LogP contribution in [0.15, 0.2) is 0 Å². The van der Waals surface area contributed by atoms with E-state index in [-0.39, 0.29) is 17.1 Å². The molecule has 0 aromatic rings. The van der Waals surface area contributed by atoms with Gasteiger partial charge in [-0.1, -0.05) is 13.8 Å². The van der Waals surface area contributed by atoms with Crippen LogP contribution < -0.4 is 0 Å². The number of carbonyl (C=O) groups excluding carboxylic acids is 1. The summed E-state index contributed by atoms with van der Waals surface area (Å²) < 4.78 is 6.08. The average Bonchev–Trinajstić information content (AvgIpc) is 3.15. The third-order valence-electron chi connectivity index (χ3n) is 9.11. The molecule has 5 aliphatic rings. The fourth-order valence-corrected chi connectivity index (χ4v) is 7.76. The SMILES string of the molecule is C[C@@H]1C[C@]23O[C@H]2C(=O)CC[C@@H]3[C@@H]2CC[C@@]3(C)[C@H](CC[C@]3(C)O)[C@H]21. The maximum atomic E-state index is 12.1. The molecule has 1 spiro atoms. The van der Waals surface area contributed by atoms with Gasteiger partial charge < -0.3 is 9.84 Å². The van der Waals surface area contributed by atoms with Crippen LogP contribution in [0, 0.1) is 35.0 Å². The first-order valence-corrected chi connectivity index (χ1v) is 9.73. The van der Waals surface area contributed by atoms with E-state index in [4.69, 9.17) is 4.74 Å². The number of hydrogen-bond acceptors (Lipinski definition) is 3. The van der Waals surface area contributed by atoms with Gasteiger partial charge in [-0.15, -0.1) is 0 Å². The van der Waals surface area contributed by atoms with Gasteiger partial charge in [0.15, 0.2) is 5.78 Å². The van der Waals surface area contributed by atoms with Crippen LogP contribution in [0.1, 0.15) is 65.7 Å². The molecule has 1 N–H and O–H groups in total. The number of ether oxygens (including phenoxy) is 1. The van der Waals surface area contributed by atoms with Crippen molar-refractivity contribution in [1.82, 2.24) is 0 Å². The third kappa shape index (κ3) is 1.62. The molecule has 4 saturated carbocycles. The fraction of sp³-hybridized carbons (Fsp3) is 0.950. The molecule has 0 bridgehead atoms. The number of carbonyl (C=O) groups is 1. The lowest BCUT2D eigenvalue weighted by molar-refractivity contribution is -0.138. The highest BCUT2D eigenvalue weighted by Gasteiger charge is 2.73. The molecule has 1 heterocycles. The molecule has 1 aliphatic heterocycles. The molecule has 0 radical (unpaired) electrons. The Labute approximate surface area is 139 Å². The zero-order valence-electron chi connectivity index (χ0n) is 14.7. The standard InChI is InChI=1S/C20H30O3/c1-11-10-20-13(4-5-15(21)17(20)23-20)12-6-8-18(2)14(16(11)12)7-9-19(18,3)22/h11-14,16-17,22H,4-10H2,1-3H3/t11-,12+,13-,14-,16+,17+,18+,19+,20-/m1/s1. The summed E-state index contributed by atoms with van der Waals surface area (Å²) in [7, 11) is 0. The van der Waals surface area contributed by atoms with Crippen LogP contribution in [-0.4, -0.2) is 28.2 Å². The summed E-state index contributed by atoms with van der Waals surface area (Å²) in [6.07, 6.45) is 7.28. The molecule has 0 aromatic heterocycles. The van der Waals surface area contributed by atoms with E-state index in [0.29, 0.717) is 29.5 Å². The highest BCUT2D eigenvalue weighted by atomic mass is 16.6. The first-order valence-electron chi connectivity index (χ1n) is 9.73.